The second-order valence-corrected chi connectivity index (χ2v) is 3.96. The van der Waals surface area contributed by atoms with Crippen LogP contribution in [0, 0.1) is 11.5 Å². The van der Waals surface area contributed by atoms with Crippen LogP contribution in [0.2, 0.25) is 0 Å². The Morgan fingerprint density at radius 2 is 2.31 bits per heavy atom. The minimum atomic E-state index is -0.185. The summed E-state index contributed by atoms with van der Waals surface area (Å²) in [5, 5.41) is 11.3. The fourth-order valence-corrected chi connectivity index (χ4v) is 2.03. The highest BCUT2D eigenvalue weighted by Crippen LogP contribution is 2.29. The number of anilines is 2. The molecule has 0 spiro atoms. The van der Waals surface area contributed by atoms with Gasteiger partial charge in [0.15, 0.2) is 6.19 Å². The van der Waals surface area contributed by atoms with E-state index >= 15 is 0 Å². The van der Waals surface area contributed by atoms with Crippen molar-refractivity contribution < 1.29 is 4.74 Å². The number of ether oxygens (including phenoxy) is 1. The van der Waals surface area contributed by atoms with E-state index in [1.807, 2.05) is 35.4 Å². The number of benzene rings is 1. The van der Waals surface area contributed by atoms with Gasteiger partial charge < -0.3 is 9.64 Å². The zero-order chi connectivity index (χ0) is 11.4. The maximum absolute atomic E-state index is 8.67. The number of nitrogens with zero attached hydrogens (tertiary/aromatic N) is 2. The summed E-state index contributed by atoms with van der Waals surface area (Å²) in [6.07, 6.45) is 1.93. The highest BCUT2D eigenvalue weighted by atomic mass is 35.5. The van der Waals surface area contributed by atoms with Crippen molar-refractivity contribution in [3.05, 3.63) is 24.3 Å². The van der Waals surface area contributed by atoms with Crippen LogP contribution in [-0.2, 0) is 4.74 Å². The summed E-state index contributed by atoms with van der Waals surface area (Å²) in [6, 6.07) is 7.61. The van der Waals surface area contributed by atoms with Gasteiger partial charge in [0.25, 0.3) is 0 Å². The first-order valence-electron chi connectivity index (χ1n) is 5.05. The molecule has 4 nitrogen and oxygen atoms in total. The summed E-state index contributed by atoms with van der Waals surface area (Å²) in [4.78, 5) is 2.03. The van der Waals surface area contributed by atoms with Gasteiger partial charge in [-0.1, -0.05) is 23.7 Å². The van der Waals surface area contributed by atoms with E-state index in [-0.39, 0.29) is 5.50 Å². The highest BCUT2D eigenvalue weighted by molar-refractivity contribution is 6.22. The molecule has 84 valence electrons. The molecule has 1 N–H and O–H groups in total. The number of hydrogen-bond acceptors (Lipinski definition) is 4. The fourth-order valence-electron chi connectivity index (χ4n) is 1.73. The van der Waals surface area contributed by atoms with E-state index in [0.717, 1.165) is 17.9 Å². The number of hydrogen-bond donors (Lipinski definition) is 1. The van der Waals surface area contributed by atoms with Gasteiger partial charge in [-0.05, 0) is 12.1 Å². The molecule has 1 fully saturated rings. The molecule has 0 saturated carbocycles. The molecule has 5 heteroatoms. The Morgan fingerprint density at radius 3 is 3.06 bits per heavy atom. The fraction of sp³-hybridized carbons (Fsp3) is 0.364. The van der Waals surface area contributed by atoms with Gasteiger partial charge >= 0.3 is 0 Å². The second kappa shape index (κ2) is 5.06. The quantitative estimate of drug-likeness (QED) is 0.370. The molecule has 1 aliphatic heterocycles. The predicted octanol–water partition coefficient (Wildman–Crippen LogP) is 1.98. The molecule has 1 aliphatic rings. The summed E-state index contributed by atoms with van der Waals surface area (Å²) >= 11 is 6.18. The van der Waals surface area contributed by atoms with Crippen LogP contribution in [0.25, 0.3) is 0 Å². The largest absolute Gasteiger partial charge is 0.376 e. The van der Waals surface area contributed by atoms with Gasteiger partial charge in [-0.2, -0.15) is 5.26 Å². The van der Waals surface area contributed by atoms with Gasteiger partial charge in [0, 0.05) is 6.54 Å². The number of nitrogens with one attached hydrogen (secondary N) is 1. The summed E-state index contributed by atoms with van der Waals surface area (Å²) in [6.45, 7) is 1.89. The van der Waals surface area contributed by atoms with Crippen molar-refractivity contribution in [3.8, 4) is 6.19 Å². The monoisotopic (exact) mass is 237 g/mol. The molecule has 1 unspecified atom stereocenters. The minimum absolute atomic E-state index is 0.185. The maximum Gasteiger partial charge on any atom is 0.181 e. The van der Waals surface area contributed by atoms with E-state index in [2.05, 4.69) is 5.32 Å². The lowest BCUT2D eigenvalue weighted by Crippen LogP contribution is -2.42. The van der Waals surface area contributed by atoms with Gasteiger partial charge in [-0.15, -0.1) is 0 Å². The molecule has 16 heavy (non-hydrogen) atoms. The average Bonchev–Trinajstić information content (AvgIpc) is 2.31. The van der Waals surface area contributed by atoms with Crippen LogP contribution >= 0.6 is 11.6 Å². The third kappa shape index (κ3) is 2.21. The van der Waals surface area contributed by atoms with Crippen LogP contribution in [0.4, 0.5) is 11.4 Å². The Labute approximate surface area is 99.4 Å². The van der Waals surface area contributed by atoms with Gasteiger partial charge in [0.05, 0.1) is 24.6 Å². The molecule has 1 aromatic carbocycles. The molecular formula is C11H12ClN3O. The van der Waals surface area contributed by atoms with Crippen molar-refractivity contribution in [3.63, 3.8) is 0 Å². The Bertz CT molecular complexity index is 404. The second-order valence-electron chi connectivity index (χ2n) is 3.46. The summed E-state index contributed by atoms with van der Waals surface area (Å²) in [5.41, 5.74) is 1.53. The van der Waals surface area contributed by atoms with Crippen LogP contribution in [-0.4, -0.2) is 25.3 Å². The number of rotatable bonds is 2. The van der Waals surface area contributed by atoms with Crippen molar-refractivity contribution in [2.45, 2.75) is 5.50 Å². The van der Waals surface area contributed by atoms with E-state index in [1.165, 1.54) is 0 Å². The smallest absolute Gasteiger partial charge is 0.181 e. The summed E-state index contributed by atoms with van der Waals surface area (Å²) < 4.78 is 5.27. The molecule has 2 rings (SSSR count). The Balaban J connectivity index is 2.27. The van der Waals surface area contributed by atoms with Crippen molar-refractivity contribution in [1.82, 2.24) is 0 Å². The first-order chi connectivity index (χ1) is 7.83. The SMILES string of the molecule is N#CNc1ccccc1N1CCOCC1Cl. The number of halogens is 1. The molecule has 1 saturated heterocycles. The minimum Gasteiger partial charge on any atom is -0.376 e. The third-order valence-electron chi connectivity index (χ3n) is 2.47. The average molecular weight is 238 g/mol. The number of morpholine rings is 1. The van der Waals surface area contributed by atoms with Gasteiger partial charge in [0.1, 0.15) is 5.50 Å². The molecule has 1 heterocycles. The van der Waals surface area contributed by atoms with Gasteiger partial charge in [-0.3, -0.25) is 5.32 Å². The molecule has 1 aromatic rings. The Morgan fingerprint density at radius 1 is 1.50 bits per heavy atom. The van der Waals surface area contributed by atoms with E-state index in [9.17, 15) is 0 Å². The molecule has 1 atom stereocenters. The number of alkyl halides is 1. The topological polar surface area (TPSA) is 48.3 Å². The van der Waals surface area contributed by atoms with Crippen LogP contribution in [0.1, 0.15) is 0 Å². The van der Waals surface area contributed by atoms with Gasteiger partial charge in [0.2, 0.25) is 0 Å². The molecule has 0 aromatic heterocycles. The molecule has 0 amide bonds. The van der Waals surface area contributed by atoms with Crippen molar-refractivity contribution in [2.75, 3.05) is 30.0 Å². The third-order valence-corrected chi connectivity index (χ3v) is 2.84. The van der Waals surface area contributed by atoms with E-state index in [1.54, 1.807) is 0 Å². The van der Waals surface area contributed by atoms with E-state index < -0.39 is 0 Å². The predicted molar refractivity (Wildman–Crippen MR) is 63.5 cm³/mol. The zero-order valence-electron chi connectivity index (χ0n) is 8.69. The van der Waals surface area contributed by atoms with Crippen molar-refractivity contribution >= 4 is 23.0 Å². The van der Waals surface area contributed by atoms with Crippen LogP contribution in [0.3, 0.4) is 0 Å². The molecule has 0 aliphatic carbocycles. The standard InChI is InChI=1S/C11H12ClN3O/c12-11-7-16-6-5-15(11)10-4-2-1-3-9(10)14-8-13/h1-4,11,14H,5-7H2. The maximum atomic E-state index is 8.67. The van der Waals surface area contributed by atoms with Gasteiger partial charge in [-0.25, -0.2) is 0 Å². The molecular weight excluding hydrogens is 226 g/mol. The van der Waals surface area contributed by atoms with Crippen molar-refractivity contribution in [2.24, 2.45) is 0 Å². The first-order valence-corrected chi connectivity index (χ1v) is 5.49. The Kier molecular flexibility index (Phi) is 3.50. The van der Waals surface area contributed by atoms with E-state index in [0.29, 0.717) is 13.2 Å². The lowest BCUT2D eigenvalue weighted by molar-refractivity contribution is 0.113. The van der Waals surface area contributed by atoms with E-state index in [4.69, 9.17) is 21.6 Å². The van der Waals surface area contributed by atoms with Crippen LogP contribution in [0.15, 0.2) is 24.3 Å². The Hall–Kier alpha value is -1.44. The molecule has 0 radical (unpaired) electrons. The normalized spacial score (nSPS) is 20.2. The summed E-state index contributed by atoms with van der Waals surface area (Å²) in [7, 11) is 0. The van der Waals surface area contributed by atoms with Crippen LogP contribution in [0.5, 0.6) is 0 Å². The highest BCUT2D eigenvalue weighted by Gasteiger charge is 2.22. The number of nitriles is 1. The lowest BCUT2D eigenvalue weighted by Gasteiger charge is -2.34. The van der Waals surface area contributed by atoms with Crippen LogP contribution < -0.4 is 10.2 Å². The molecule has 0 bridgehead atoms. The summed E-state index contributed by atoms with van der Waals surface area (Å²) in [5.74, 6) is 0. The lowest BCUT2D eigenvalue weighted by atomic mass is 10.2. The first kappa shape index (κ1) is 11.1. The van der Waals surface area contributed by atoms with Crippen molar-refractivity contribution in [1.29, 1.82) is 5.26 Å². The number of para-hydroxylation sites is 2. The zero-order valence-corrected chi connectivity index (χ0v) is 9.44.